The molecule has 2 rings (SSSR count). The van der Waals surface area contributed by atoms with Gasteiger partial charge >= 0.3 is 0 Å². The van der Waals surface area contributed by atoms with Crippen LogP contribution >= 0.6 is 11.6 Å². The first-order valence-corrected chi connectivity index (χ1v) is 11.9. The predicted molar refractivity (Wildman–Crippen MR) is 121 cm³/mol. The van der Waals surface area contributed by atoms with Gasteiger partial charge in [0.15, 0.2) is 0 Å². The van der Waals surface area contributed by atoms with Gasteiger partial charge in [-0.1, -0.05) is 25.4 Å². The van der Waals surface area contributed by atoms with Gasteiger partial charge in [-0.15, -0.1) is 0 Å². The summed E-state index contributed by atoms with van der Waals surface area (Å²) in [5.41, 5.74) is 0.515. The van der Waals surface area contributed by atoms with Gasteiger partial charge in [0.1, 0.15) is 15.7 Å². The summed E-state index contributed by atoms with van der Waals surface area (Å²) in [5.74, 6) is -0.0185. The number of pyridine rings is 1. The monoisotopic (exact) mass is 469 g/mol. The summed E-state index contributed by atoms with van der Waals surface area (Å²) in [7, 11) is -3.79. The second-order valence-corrected chi connectivity index (χ2v) is 9.13. The zero-order valence-corrected chi connectivity index (χ0v) is 19.9. The Labute approximate surface area is 188 Å². The van der Waals surface area contributed by atoms with Crippen molar-refractivity contribution in [1.82, 2.24) is 9.29 Å². The number of rotatable bonds is 10. The van der Waals surface area contributed by atoms with Crippen LogP contribution in [0.2, 0.25) is 5.02 Å². The fourth-order valence-electron chi connectivity index (χ4n) is 2.83. The molecule has 0 saturated carbocycles. The van der Waals surface area contributed by atoms with Gasteiger partial charge in [0.05, 0.1) is 18.3 Å². The highest BCUT2D eigenvalue weighted by Crippen LogP contribution is 2.30. The number of carbonyl (C=O) groups is 1. The van der Waals surface area contributed by atoms with E-state index in [4.69, 9.17) is 21.1 Å². The van der Waals surface area contributed by atoms with E-state index in [2.05, 4.69) is 10.3 Å². The molecule has 10 heteroatoms. The van der Waals surface area contributed by atoms with E-state index in [9.17, 15) is 13.2 Å². The summed E-state index contributed by atoms with van der Waals surface area (Å²) in [6.45, 7) is 9.91. The van der Waals surface area contributed by atoms with Gasteiger partial charge in [-0.05, 0) is 45.0 Å². The largest absolute Gasteiger partial charge is 0.492 e. The molecule has 0 fully saturated rings. The fraction of sp³-hybridized carbons (Fsp3) is 0.429. The van der Waals surface area contributed by atoms with Crippen LogP contribution in [0.25, 0.3) is 0 Å². The van der Waals surface area contributed by atoms with E-state index in [0.29, 0.717) is 25.4 Å². The average molecular weight is 470 g/mol. The third kappa shape index (κ3) is 6.09. The summed E-state index contributed by atoms with van der Waals surface area (Å²) in [6.07, 6.45) is 1.24. The van der Waals surface area contributed by atoms with Crippen LogP contribution in [-0.4, -0.2) is 49.4 Å². The van der Waals surface area contributed by atoms with Crippen LogP contribution in [0.15, 0.2) is 35.4 Å². The Morgan fingerprint density at radius 2 is 1.87 bits per heavy atom. The number of sulfonamides is 1. The third-order valence-corrected chi connectivity index (χ3v) is 6.58. The summed E-state index contributed by atoms with van der Waals surface area (Å²) in [4.78, 5) is 16.8. The number of hydrogen-bond acceptors (Lipinski definition) is 6. The lowest BCUT2D eigenvalue weighted by atomic mass is 10.2. The molecule has 1 aromatic heterocycles. The van der Waals surface area contributed by atoms with E-state index in [0.717, 1.165) is 0 Å². The first kappa shape index (κ1) is 24.9. The molecular formula is C21H28ClN3O5S. The van der Waals surface area contributed by atoms with Crippen molar-refractivity contribution in [2.75, 3.05) is 25.0 Å². The summed E-state index contributed by atoms with van der Waals surface area (Å²) in [5, 5.41) is 2.89. The summed E-state index contributed by atoms with van der Waals surface area (Å²) >= 11 is 6.16. The number of nitrogens with one attached hydrogen (secondary N) is 1. The fourth-order valence-corrected chi connectivity index (χ4v) is 4.65. The number of halogens is 1. The van der Waals surface area contributed by atoms with Gasteiger partial charge in [-0.25, -0.2) is 13.4 Å². The zero-order chi connectivity index (χ0) is 23.2. The second kappa shape index (κ2) is 10.8. The predicted octanol–water partition coefficient (Wildman–Crippen LogP) is 4.20. The van der Waals surface area contributed by atoms with Crippen molar-refractivity contribution in [3.63, 3.8) is 0 Å². The van der Waals surface area contributed by atoms with Crippen LogP contribution in [0.3, 0.4) is 0 Å². The maximum atomic E-state index is 13.1. The van der Waals surface area contributed by atoms with Crippen LogP contribution in [0.5, 0.6) is 11.6 Å². The van der Waals surface area contributed by atoms with Crippen molar-refractivity contribution in [2.24, 2.45) is 0 Å². The smallest absolute Gasteiger partial charge is 0.257 e. The highest BCUT2D eigenvalue weighted by molar-refractivity contribution is 7.89. The molecule has 0 saturated heterocycles. The second-order valence-electron chi connectivity index (χ2n) is 6.82. The Balaban J connectivity index is 2.35. The standard InChI is InChI=1S/C21H28ClN3O5S/c1-6-25(7-2)31(27,28)19-12-16(9-10-18(19)29-8-3)24-20(26)15-11-17(22)21(23-13-15)30-14(4)5/h9-14H,6-8H2,1-5H3,(H,24,26). The summed E-state index contributed by atoms with van der Waals surface area (Å²) < 4.78 is 38.4. The first-order valence-electron chi connectivity index (χ1n) is 10.0. The van der Waals surface area contributed by atoms with E-state index in [1.54, 1.807) is 26.8 Å². The molecule has 0 aliphatic heterocycles. The molecule has 0 unspecified atom stereocenters. The van der Waals surface area contributed by atoms with Crippen molar-refractivity contribution in [3.05, 3.63) is 41.0 Å². The van der Waals surface area contributed by atoms with Crippen LogP contribution in [0.4, 0.5) is 5.69 Å². The minimum absolute atomic E-state index is 0.00677. The molecule has 8 nitrogen and oxygen atoms in total. The molecule has 2 aromatic rings. The number of aromatic nitrogens is 1. The topological polar surface area (TPSA) is 97.8 Å². The lowest BCUT2D eigenvalue weighted by Crippen LogP contribution is -2.31. The van der Waals surface area contributed by atoms with E-state index < -0.39 is 15.9 Å². The molecule has 0 radical (unpaired) electrons. The lowest BCUT2D eigenvalue weighted by molar-refractivity contribution is 0.102. The number of carbonyl (C=O) groups excluding carboxylic acids is 1. The zero-order valence-electron chi connectivity index (χ0n) is 18.3. The molecule has 0 aliphatic rings. The van der Waals surface area contributed by atoms with Gasteiger partial charge in [-0.2, -0.15) is 4.31 Å². The number of amides is 1. The molecule has 1 heterocycles. The molecule has 170 valence electrons. The van der Waals surface area contributed by atoms with Crippen molar-refractivity contribution in [1.29, 1.82) is 0 Å². The van der Waals surface area contributed by atoms with Crippen molar-refractivity contribution < 1.29 is 22.7 Å². The Bertz CT molecular complexity index is 1020. The molecule has 31 heavy (non-hydrogen) atoms. The number of ether oxygens (including phenoxy) is 2. The molecule has 1 amide bonds. The normalized spacial score (nSPS) is 11.6. The minimum atomic E-state index is -3.79. The Morgan fingerprint density at radius 3 is 2.42 bits per heavy atom. The third-order valence-electron chi connectivity index (χ3n) is 4.24. The number of anilines is 1. The molecular weight excluding hydrogens is 442 g/mol. The van der Waals surface area contributed by atoms with E-state index >= 15 is 0 Å². The van der Waals surface area contributed by atoms with Gasteiger partial charge < -0.3 is 14.8 Å². The number of benzene rings is 1. The lowest BCUT2D eigenvalue weighted by Gasteiger charge is -2.21. The molecule has 0 aliphatic carbocycles. The van der Waals surface area contributed by atoms with Crippen molar-refractivity contribution in [2.45, 2.75) is 45.6 Å². The van der Waals surface area contributed by atoms with Crippen molar-refractivity contribution >= 4 is 33.2 Å². The van der Waals surface area contributed by atoms with E-state index in [1.165, 1.54) is 28.7 Å². The van der Waals surface area contributed by atoms with Crippen LogP contribution in [-0.2, 0) is 10.0 Å². The Morgan fingerprint density at radius 1 is 1.19 bits per heavy atom. The summed E-state index contributed by atoms with van der Waals surface area (Å²) in [6, 6.07) is 5.95. The average Bonchev–Trinajstić information content (AvgIpc) is 2.71. The molecule has 0 spiro atoms. The number of nitrogens with zero attached hydrogens (tertiary/aromatic N) is 2. The van der Waals surface area contributed by atoms with E-state index in [1.807, 2.05) is 13.8 Å². The molecule has 1 N–H and O–H groups in total. The van der Waals surface area contributed by atoms with Gasteiger partial charge in [0, 0.05) is 25.0 Å². The van der Waals surface area contributed by atoms with Gasteiger partial charge in [0.25, 0.3) is 5.91 Å². The Hall–Kier alpha value is -2.36. The molecule has 0 bridgehead atoms. The maximum Gasteiger partial charge on any atom is 0.257 e. The van der Waals surface area contributed by atoms with E-state index in [-0.39, 0.29) is 33.2 Å². The van der Waals surface area contributed by atoms with Gasteiger partial charge in [-0.3, -0.25) is 4.79 Å². The molecule has 1 aromatic carbocycles. The number of hydrogen-bond donors (Lipinski definition) is 1. The van der Waals surface area contributed by atoms with Crippen LogP contribution in [0, 0.1) is 0 Å². The van der Waals surface area contributed by atoms with Crippen LogP contribution < -0.4 is 14.8 Å². The van der Waals surface area contributed by atoms with Crippen LogP contribution in [0.1, 0.15) is 45.0 Å². The Kier molecular flexibility index (Phi) is 8.67. The highest BCUT2D eigenvalue weighted by atomic mass is 35.5. The quantitative estimate of drug-likeness (QED) is 0.559. The minimum Gasteiger partial charge on any atom is -0.492 e. The molecule has 0 atom stereocenters. The highest BCUT2D eigenvalue weighted by Gasteiger charge is 2.26. The SMILES string of the molecule is CCOc1ccc(NC(=O)c2cnc(OC(C)C)c(Cl)c2)cc1S(=O)(=O)N(CC)CC. The first-order chi connectivity index (χ1) is 14.6. The maximum absolute atomic E-state index is 13.1. The van der Waals surface area contributed by atoms with Crippen molar-refractivity contribution in [3.8, 4) is 11.6 Å². The van der Waals surface area contributed by atoms with Gasteiger partial charge in [0.2, 0.25) is 15.9 Å².